The molecule has 0 bridgehead atoms. The van der Waals surface area contributed by atoms with Crippen LogP contribution in [0.25, 0.3) is 0 Å². The van der Waals surface area contributed by atoms with Gasteiger partial charge in [0.05, 0.1) is 10.8 Å². The average Bonchev–Trinajstić information content (AvgIpc) is 2.72. The van der Waals surface area contributed by atoms with Crippen LogP contribution >= 0.6 is 0 Å². The number of nitrogens with one attached hydrogen (secondary N) is 1. The van der Waals surface area contributed by atoms with Crippen LogP contribution in [0, 0.1) is 11.7 Å². The van der Waals surface area contributed by atoms with E-state index in [1.807, 2.05) is 0 Å². The summed E-state index contributed by atoms with van der Waals surface area (Å²) in [5.41, 5.74) is 0. The first-order valence-electron chi connectivity index (χ1n) is 10.7. The van der Waals surface area contributed by atoms with Gasteiger partial charge in [-0.1, -0.05) is 6.42 Å². The maximum atomic E-state index is 13.1. The fraction of sp³-hybridized carbons (Fsp3) is 0.667. The summed E-state index contributed by atoms with van der Waals surface area (Å²) in [6, 6.07) is 5.45. The van der Waals surface area contributed by atoms with E-state index in [-0.39, 0.29) is 23.3 Å². The van der Waals surface area contributed by atoms with Crippen LogP contribution < -0.4 is 5.32 Å². The van der Waals surface area contributed by atoms with E-state index in [9.17, 15) is 17.6 Å². The molecule has 2 fully saturated rings. The van der Waals surface area contributed by atoms with E-state index in [1.165, 1.54) is 35.7 Å². The van der Waals surface area contributed by atoms with Gasteiger partial charge in [0.1, 0.15) is 5.82 Å². The summed E-state index contributed by atoms with van der Waals surface area (Å²) in [6.07, 6.45) is 6.02. The van der Waals surface area contributed by atoms with E-state index >= 15 is 0 Å². The molecule has 2 atom stereocenters. The van der Waals surface area contributed by atoms with Gasteiger partial charge in [0.15, 0.2) is 0 Å². The second kappa shape index (κ2) is 10.00. The van der Waals surface area contributed by atoms with E-state index in [4.69, 9.17) is 0 Å². The van der Waals surface area contributed by atoms with Crippen LogP contribution in [0.15, 0.2) is 29.2 Å². The van der Waals surface area contributed by atoms with Crippen molar-refractivity contribution >= 4 is 15.9 Å². The summed E-state index contributed by atoms with van der Waals surface area (Å²) in [7, 11) is -3.71. The Bertz CT molecular complexity index is 785. The summed E-state index contributed by atoms with van der Waals surface area (Å²) in [5.74, 6) is -0.887. The smallest absolute Gasteiger partial charge is 0.243 e. The molecule has 162 valence electrons. The summed E-state index contributed by atoms with van der Waals surface area (Å²) >= 11 is 0. The van der Waals surface area contributed by atoms with Gasteiger partial charge in [-0.2, -0.15) is 4.31 Å². The maximum Gasteiger partial charge on any atom is 0.243 e. The zero-order valence-electron chi connectivity index (χ0n) is 17.1. The van der Waals surface area contributed by atoms with Crippen LogP contribution in [0.4, 0.5) is 4.39 Å². The highest BCUT2D eigenvalue weighted by molar-refractivity contribution is 7.89. The number of hydrogen-bond donors (Lipinski definition) is 1. The van der Waals surface area contributed by atoms with Crippen molar-refractivity contribution in [2.75, 3.05) is 32.7 Å². The van der Waals surface area contributed by atoms with E-state index in [0.29, 0.717) is 32.0 Å². The molecule has 0 aromatic heterocycles. The lowest BCUT2D eigenvalue weighted by molar-refractivity contribution is -0.126. The second-order valence-corrected chi connectivity index (χ2v) is 10.1. The topological polar surface area (TPSA) is 69.7 Å². The number of amides is 1. The summed E-state index contributed by atoms with van der Waals surface area (Å²) in [5, 5.41) is 2.99. The molecule has 3 rings (SSSR count). The van der Waals surface area contributed by atoms with Crippen molar-refractivity contribution in [1.29, 1.82) is 0 Å². The Labute approximate surface area is 173 Å². The van der Waals surface area contributed by atoms with Crippen LogP contribution in [0.2, 0.25) is 0 Å². The quantitative estimate of drug-likeness (QED) is 0.682. The van der Waals surface area contributed by atoms with E-state index in [1.54, 1.807) is 0 Å². The van der Waals surface area contributed by atoms with Crippen LogP contribution in [0.5, 0.6) is 0 Å². The number of nitrogens with zero attached hydrogens (tertiary/aromatic N) is 2. The number of piperidine rings is 2. The molecule has 0 unspecified atom stereocenters. The van der Waals surface area contributed by atoms with Gasteiger partial charge in [0, 0.05) is 32.2 Å². The molecule has 0 radical (unpaired) electrons. The molecule has 0 spiro atoms. The predicted octanol–water partition coefficient (Wildman–Crippen LogP) is 2.61. The normalized spacial score (nSPS) is 24.3. The maximum absolute atomic E-state index is 13.1. The number of hydrogen-bond acceptors (Lipinski definition) is 4. The first-order valence-corrected chi connectivity index (χ1v) is 12.1. The SMILES string of the molecule is C[C@@H]1CCCCN1CCCNC(=O)[C@@H]1CCCN(S(=O)(=O)c2ccc(F)cc2)C1. The molecule has 6 nitrogen and oxygen atoms in total. The molecule has 1 amide bonds. The van der Waals surface area contributed by atoms with Crippen LogP contribution in [-0.2, 0) is 14.8 Å². The molecule has 1 aromatic carbocycles. The van der Waals surface area contributed by atoms with Crippen molar-refractivity contribution in [2.24, 2.45) is 5.92 Å². The van der Waals surface area contributed by atoms with Gasteiger partial charge in [-0.25, -0.2) is 12.8 Å². The van der Waals surface area contributed by atoms with Gasteiger partial charge >= 0.3 is 0 Å². The fourth-order valence-corrected chi connectivity index (χ4v) is 5.78. The molecule has 29 heavy (non-hydrogen) atoms. The first kappa shape index (κ1) is 22.2. The largest absolute Gasteiger partial charge is 0.356 e. The molecule has 8 heteroatoms. The number of benzene rings is 1. The van der Waals surface area contributed by atoms with Gasteiger partial charge < -0.3 is 10.2 Å². The van der Waals surface area contributed by atoms with Gasteiger partial charge in [0.25, 0.3) is 0 Å². The Hall–Kier alpha value is -1.51. The van der Waals surface area contributed by atoms with Gasteiger partial charge in [-0.15, -0.1) is 0 Å². The highest BCUT2D eigenvalue weighted by Gasteiger charge is 2.33. The van der Waals surface area contributed by atoms with Crippen molar-refractivity contribution in [3.8, 4) is 0 Å². The van der Waals surface area contributed by atoms with Crippen LogP contribution in [0.1, 0.15) is 45.4 Å². The zero-order chi connectivity index (χ0) is 20.9. The molecule has 2 saturated heterocycles. The van der Waals surface area contributed by atoms with Crippen molar-refractivity contribution in [1.82, 2.24) is 14.5 Å². The molecule has 2 aliphatic rings. The lowest BCUT2D eigenvalue weighted by atomic mass is 9.99. The number of rotatable bonds is 7. The summed E-state index contributed by atoms with van der Waals surface area (Å²) in [6.45, 7) is 5.55. The second-order valence-electron chi connectivity index (χ2n) is 8.18. The molecule has 0 aliphatic carbocycles. The third kappa shape index (κ3) is 5.77. The molecule has 2 heterocycles. The highest BCUT2D eigenvalue weighted by atomic mass is 32.2. The Balaban J connectivity index is 1.48. The van der Waals surface area contributed by atoms with Gasteiger partial charge in [0.2, 0.25) is 15.9 Å². The van der Waals surface area contributed by atoms with E-state index in [2.05, 4.69) is 17.1 Å². The Morgan fingerprint density at radius 1 is 1.14 bits per heavy atom. The lowest BCUT2D eigenvalue weighted by Crippen LogP contribution is -2.46. The minimum atomic E-state index is -3.71. The lowest BCUT2D eigenvalue weighted by Gasteiger charge is -2.33. The minimum absolute atomic E-state index is 0.0654. The van der Waals surface area contributed by atoms with Gasteiger partial charge in [-0.05, 0) is 69.8 Å². The Kier molecular flexibility index (Phi) is 7.65. The molecule has 0 saturated carbocycles. The Morgan fingerprint density at radius 3 is 2.62 bits per heavy atom. The fourth-order valence-electron chi connectivity index (χ4n) is 4.26. The minimum Gasteiger partial charge on any atom is -0.356 e. The summed E-state index contributed by atoms with van der Waals surface area (Å²) < 4.78 is 40.1. The number of likely N-dealkylation sites (tertiary alicyclic amines) is 1. The molecular formula is C21H32FN3O3S. The molecular weight excluding hydrogens is 393 g/mol. The van der Waals surface area contributed by atoms with E-state index in [0.717, 1.165) is 31.6 Å². The zero-order valence-corrected chi connectivity index (χ0v) is 18.0. The van der Waals surface area contributed by atoms with Crippen molar-refractivity contribution < 1.29 is 17.6 Å². The predicted molar refractivity (Wildman–Crippen MR) is 110 cm³/mol. The Morgan fingerprint density at radius 2 is 1.90 bits per heavy atom. The molecule has 2 aliphatic heterocycles. The van der Waals surface area contributed by atoms with Crippen molar-refractivity contribution in [3.05, 3.63) is 30.1 Å². The number of sulfonamides is 1. The monoisotopic (exact) mass is 425 g/mol. The third-order valence-corrected chi connectivity index (χ3v) is 7.95. The van der Waals surface area contributed by atoms with Gasteiger partial charge in [-0.3, -0.25) is 4.79 Å². The highest BCUT2D eigenvalue weighted by Crippen LogP contribution is 2.24. The standard InChI is InChI=1S/C21H32FN3O3S/c1-17-6-2-3-13-24(17)14-5-12-23-21(26)18-7-4-15-25(16-18)29(27,28)20-10-8-19(22)9-11-20/h8-11,17-18H,2-7,12-16H2,1H3,(H,23,26)/t17-,18-/m1/s1. The molecule has 1 aromatic rings. The van der Waals surface area contributed by atoms with Crippen molar-refractivity contribution in [3.63, 3.8) is 0 Å². The summed E-state index contributed by atoms with van der Waals surface area (Å²) in [4.78, 5) is 15.1. The van der Waals surface area contributed by atoms with Crippen LogP contribution in [0.3, 0.4) is 0 Å². The first-order chi connectivity index (χ1) is 13.9. The number of carbonyl (C=O) groups is 1. The van der Waals surface area contributed by atoms with Crippen LogP contribution in [-0.4, -0.2) is 62.3 Å². The third-order valence-electron chi connectivity index (χ3n) is 6.07. The number of carbonyl (C=O) groups excluding carboxylic acids is 1. The van der Waals surface area contributed by atoms with E-state index < -0.39 is 15.8 Å². The van der Waals surface area contributed by atoms with Crippen molar-refractivity contribution in [2.45, 2.75) is 56.4 Å². The number of halogens is 1. The molecule has 1 N–H and O–H groups in total. The average molecular weight is 426 g/mol.